The van der Waals surface area contributed by atoms with E-state index in [9.17, 15) is 8.42 Å². The van der Waals surface area contributed by atoms with E-state index in [0.717, 1.165) is 44.5 Å². The summed E-state index contributed by atoms with van der Waals surface area (Å²) in [6.45, 7) is 6.01. The highest BCUT2D eigenvalue weighted by atomic mass is 32.2. The molecule has 0 saturated carbocycles. The average molecular weight is 314 g/mol. The minimum Gasteiger partial charge on any atom is -0.309 e. The van der Waals surface area contributed by atoms with Gasteiger partial charge in [0.05, 0.1) is 29.4 Å². The van der Waals surface area contributed by atoms with E-state index in [2.05, 4.69) is 29.5 Å². The Hall–Kier alpha value is -0.950. The van der Waals surface area contributed by atoms with Crippen LogP contribution in [0.3, 0.4) is 0 Å². The summed E-state index contributed by atoms with van der Waals surface area (Å²) >= 11 is 0. The van der Waals surface area contributed by atoms with Crippen molar-refractivity contribution in [2.45, 2.75) is 52.1 Å². The molecular weight excluding hydrogens is 288 g/mol. The number of sulfone groups is 1. The minimum absolute atomic E-state index is 0.143. The quantitative estimate of drug-likeness (QED) is 0.788. The van der Waals surface area contributed by atoms with Crippen LogP contribution >= 0.6 is 0 Å². The van der Waals surface area contributed by atoms with Gasteiger partial charge in [0.15, 0.2) is 9.84 Å². The third-order valence-corrected chi connectivity index (χ3v) is 5.81. The standard InChI is InChI=1S/C14H26N4O2S/c1-3-6-15-13(9-12-5-8-21(19,20)11-12)14-10-16-17-18(14)7-4-2/h10,12-13,15H,3-9,11H2,1-2H3. The molecule has 0 bridgehead atoms. The lowest BCUT2D eigenvalue weighted by Gasteiger charge is -2.22. The summed E-state index contributed by atoms with van der Waals surface area (Å²) in [6.07, 6.45) is 5.49. The highest BCUT2D eigenvalue weighted by Crippen LogP contribution is 2.28. The van der Waals surface area contributed by atoms with Crippen LogP contribution in [-0.4, -0.2) is 41.5 Å². The second-order valence-corrected chi connectivity index (χ2v) is 8.12. The third-order valence-electron chi connectivity index (χ3n) is 3.98. The van der Waals surface area contributed by atoms with Crippen LogP contribution in [0.15, 0.2) is 6.20 Å². The molecule has 0 radical (unpaired) electrons. The smallest absolute Gasteiger partial charge is 0.150 e. The fourth-order valence-electron chi connectivity index (χ4n) is 2.94. The Kier molecular flexibility index (Phi) is 5.75. The maximum Gasteiger partial charge on any atom is 0.150 e. The van der Waals surface area contributed by atoms with Crippen LogP contribution in [0.1, 0.15) is 51.3 Å². The average Bonchev–Trinajstić information content (AvgIpc) is 3.01. The zero-order valence-electron chi connectivity index (χ0n) is 13.0. The fourth-order valence-corrected chi connectivity index (χ4v) is 4.82. The van der Waals surface area contributed by atoms with Gasteiger partial charge < -0.3 is 5.32 Å². The zero-order valence-corrected chi connectivity index (χ0v) is 13.8. The summed E-state index contributed by atoms with van der Waals surface area (Å²) in [7, 11) is -2.82. The van der Waals surface area contributed by atoms with Gasteiger partial charge in [0.1, 0.15) is 0 Å². The van der Waals surface area contributed by atoms with Crippen molar-refractivity contribution in [3.63, 3.8) is 0 Å². The molecule has 1 N–H and O–H groups in total. The normalized spacial score (nSPS) is 22.5. The summed E-state index contributed by atoms with van der Waals surface area (Å²) in [5, 5.41) is 11.7. The van der Waals surface area contributed by atoms with Crippen LogP contribution in [0.4, 0.5) is 0 Å². The number of hydrogen-bond acceptors (Lipinski definition) is 5. The number of hydrogen-bond donors (Lipinski definition) is 1. The Morgan fingerprint density at radius 2 is 2.24 bits per heavy atom. The lowest BCUT2D eigenvalue weighted by atomic mass is 9.97. The van der Waals surface area contributed by atoms with Crippen molar-refractivity contribution in [1.82, 2.24) is 20.3 Å². The Bertz CT molecular complexity index is 541. The van der Waals surface area contributed by atoms with E-state index in [1.165, 1.54) is 0 Å². The van der Waals surface area contributed by atoms with Gasteiger partial charge in [-0.15, -0.1) is 5.10 Å². The predicted octanol–water partition coefficient (Wildman–Crippen LogP) is 1.55. The molecule has 1 saturated heterocycles. The molecule has 2 heterocycles. The first kappa shape index (κ1) is 16.4. The summed E-state index contributed by atoms with van der Waals surface area (Å²) < 4.78 is 25.2. The zero-order chi connectivity index (χ0) is 15.3. The number of nitrogens with zero attached hydrogens (tertiary/aromatic N) is 3. The maximum absolute atomic E-state index is 11.6. The van der Waals surface area contributed by atoms with Crippen LogP contribution in [-0.2, 0) is 16.4 Å². The summed E-state index contributed by atoms with van der Waals surface area (Å²) in [6, 6.07) is 0.143. The monoisotopic (exact) mass is 314 g/mol. The van der Waals surface area contributed by atoms with E-state index >= 15 is 0 Å². The first-order valence-electron chi connectivity index (χ1n) is 7.88. The Balaban J connectivity index is 2.08. The number of nitrogens with one attached hydrogen (secondary N) is 1. The van der Waals surface area contributed by atoms with Gasteiger partial charge in [-0.3, -0.25) is 0 Å². The van der Waals surface area contributed by atoms with E-state index in [0.29, 0.717) is 11.5 Å². The molecule has 1 aliphatic rings. The summed E-state index contributed by atoms with van der Waals surface area (Å²) in [5.41, 5.74) is 1.08. The van der Waals surface area contributed by atoms with Crippen LogP contribution in [0.25, 0.3) is 0 Å². The van der Waals surface area contributed by atoms with Gasteiger partial charge in [0.25, 0.3) is 0 Å². The van der Waals surface area contributed by atoms with Gasteiger partial charge in [-0.1, -0.05) is 19.1 Å². The van der Waals surface area contributed by atoms with Crippen molar-refractivity contribution in [2.24, 2.45) is 5.92 Å². The first-order chi connectivity index (χ1) is 10.1. The number of aryl methyl sites for hydroxylation is 1. The largest absolute Gasteiger partial charge is 0.309 e. The molecule has 0 spiro atoms. The van der Waals surface area contributed by atoms with Crippen LogP contribution < -0.4 is 5.32 Å². The van der Waals surface area contributed by atoms with Crippen molar-refractivity contribution >= 4 is 9.84 Å². The van der Waals surface area contributed by atoms with Crippen molar-refractivity contribution in [1.29, 1.82) is 0 Å². The van der Waals surface area contributed by atoms with Crippen molar-refractivity contribution in [3.8, 4) is 0 Å². The molecule has 120 valence electrons. The predicted molar refractivity (Wildman–Crippen MR) is 82.7 cm³/mol. The van der Waals surface area contributed by atoms with Crippen LogP contribution in [0.2, 0.25) is 0 Å². The molecule has 1 aromatic rings. The van der Waals surface area contributed by atoms with Crippen molar-refractivity contribution < 1.29 is 8.42 Å². The third kappa shape index (κ3) is 4.51. The van der Waals surface area contributed by atoms with Gasteiger partial charge in [-0.25, -0.2) is 13.1 Å². The molecule has 2 rings (SSSR count). The Morgan fingerprint density at radius 1 is 1.43 bits per heavy atom. The molecule has 7 heteroatoms. The molecule has 2 unspecified atom stereocenters. The summed E-state index contributed by atoms with van der Waals surface area (Å²) in [5.74, 6) is 0.909. The van der Waals surface area contributed by atoms with Gasteiger partial charge in [0, 0.05) is 6.54 Å². The van der Waals surface area contributed by atoms with Gasteiger partial charge >= 0.3 is 0 Å². The van der Waals surface area contributed by atoms with Crippen LogP contribution in [0, 0.1) is 5.92 Å². The van der Waals surface area contributed by atoms with Crippen LogP contribution in [0.5, 0.6) is 0 Å². The van der Waals surface area contributed by atoms with Crippen molar-refractivity contribution in [2.75, 3.05) is 18.1 Å². The first-order valence-corrected chi connectivity index (χ1v) is 9.70. The fraction of sp³-hybridized carbons (Fsp3) is 0.857. The molecule has 1 aromatic heterocycles. The van der Waals surface area contributed by atoms with Gasteiger partial charge in [-0.2, -0.15) is 0 Å². The molecule has 2 atom stereocenters. The highest BCUT2D eigenvalue weighted by molar-refractivity contribution is 7.91. The topological polar surface area (TPSA) is 76.9 Å². The molecule has 0 aromatic carbocycles. The lowest BCUT2D eigenvalue weighted by Crippen LogP contribution is -2.27. The highest BCUT2D eigenvalue weighted by Gasteiger charge is 2.31. The second-order valence-electron chi connectivity index (χ2n) is 5.89. The molecule has 6 nitrogen and oxygen atoms in total. The maximum atomic E-state index is 11.6. The van der Waals surface area contributed by atoms with Crippen molar-refractivity contribution in [3.05, 3.63) is 11.9 Å². The summed E-state index contributed by atoms with van der Waals surface area (Å²) in [4.78, 5) is 0. The molecule has 0 amide bonds. The van der Waals surface area contributed by atoms with E-state index in [4.69, 9.17) is 0 Å². The molecule has 0 aliphatic carbocycles. The van der Waals surface area contributed by atoms with Gasteiger partial charge in [-0.05, 0) is 38.1 Å². The van der Waals surface area contributed by atoms with E-state index in [-0.39, 0.29) is 12.0 Å². The number of rotatable bonds is 8. The van der Waals surface area contributed by atoms with Gasteiger partial charge in [0.2, 0.25) is 0 Å². The Labute approximate surface area is 127 Å². The molecular formula is C14H26N4O2S. The van der Waals surface area contributed by atoms with E-state index in [1.807, 2.05) is 10.9 Å². The second kappa shape index (κ2) is 7.35. The number of aromatic nitrogens is 3. The molecule has 21 heavy (non-hydrogen) atoms. The Morgan fingerprint density at radius 3 is 2.86 bits per heavy atom. The molecule has 1 aliphatic heterocycles. The SMILES string of the molecule is CCCNC(CC1CCS(=O)(=O)C1)c1cnnn1CCC. The van der Waals surface area contributed by atoms with E-state index < -0.39 is 9.84 Å². The van der Waals surface area contributed by atoms with E-state index in [1.54, 1.807) is 0 Å². The lowest BCUT2D eigenvalue weighted by molar-refractivity contribution is 0.388. The minimum atomic E-state index is -2.82. The molecule has 1 fully saturated rings.